The van der Waals surface area contributed by atoms with Gasteiger partial charge >= 0.3 is 0 Å². The number of hydrogen-bond donors (Lipinski definition) is 0. The van der Waals surface area contributed by atoms with Gasteiger partial charge in [0.05, 0.1) is 0 Å². The van der Waals surface area contributed by atoms with Crippen LogP contribution in [0.4, 0.5) is 0 Å². The van der Waals surface area contributed by atoms with Gasteiger partial charge in [0, 0.05) is 13.2 Å². The van der Waals surface area contributed by atoms with Crippen molar-refractivity contribution in [3.05, 3.63) is 17.9 Å². The third-order valence-electron chi connectivity index (χ3n) is 1.59. The zero-order valence-electron chi connectivity index (χ0n) is 10.4. The summed E-state index contributed by atoms with van der Waals surface area (Å²) >= 11 is 0. The summed E-state index contributed by atoms with van der Waals surface area (Å²) in [5.74, 6) is 0. The Morgan fingerprint density at radius 1 is 1.07 bits per heavy atom. The first-order valence-corrected chi connectivity index (χ1v) is 5.60. The second-order valence-electron chi connectivity index (χ2n) is 3.50. The van der Waals surface area contributed by atoms with E-state index < -0.39 is 0 Å². The lowest BCUT2D eigenvalue weighted by Crippen LogP contribution is -1.94. The number of unbranched alkanes of at least 4 members (excludes halogenated alkanes) is 2. The maximum absolute atomic E-state index is 5.28. The van der Waals surface area contributed by atoms with E-state index in [4.69, 9.17) is 4.74 Å². The monoisotopic (exact) mass is 198 g/mol. The molecule has 0 aromatic carbocycles. The average Bonchev–Trinajstić information content (AvgIpc) is 2.19. The molecule has 0 aliphatic carbocycles. The van der Waals surface area contributed by atoms with Gasteiger partial charge in [0.2, 0.25) is 0 Å². The highest BCUT2D eigenvalue weighted by atomic mass is 16.5. The van der Waals surface area contributed by atoms with E-state index in [-0.39, 0.29) is 0 Å². The maximum atomic E-state index is 5.28. The molecule has 1 nitrogen and oxygen atoms in total. The van der Waals surface area contributed by atoms with Crippen molar-refractivity contribution in [2.24, 2.45) is 0 Å². The van der Waals surface area contributed by atoms with Crippen LogP contribution < -0.4 is 0 Å². The van der Waals surface area contributed by atoms with Gasteiger partial charge in [-0.1, -0.05) is 33.3 Å². The molecule has 0 aromatic heterocycles. The molecule has 0 unspecified atom stereocenters. The molecule has 0 rings (SSSR count). The van der Waals surface area contributed by atoms with E-state index in [1.54, 1.807) is 0 Å². The zero-order valence-corrected chi connectivity index (χ0v) is 10.4. The predicted molar refractivity (Wildman–Crippen MR) is 64.6 cm³/mol. The van der Waals surface area contributed by atoms with Crippen molar-refractivity contribution in [3.8, 4) is 0 Å². The smallest absolute Gasteiger partial charge is 0.0466 e. The molecule has 0 radical (unpaired) electrons. The molecule has 0 fully saturated rings. The number of allylic oxidation sites excluding steroid dienone is 1. The van der Waals surface area contributed by atoms with Gasteiger partial charge in [-0.3, -0.25) is 0 Å². The zero-order chi connectivity index (χ0) is 11.2. The molecule has 0 aromatic rings. The minimum atomic E-state index is 0.934. The quantitative estimate of drug-likeness (QED) is 0.455. The lowest BCUT2D eigenvalue weighted by atomic mass is 10.3. The lowest BCUT2D eigenvalue weighted by Gasteiger charge is -1.99. The lowest BCUT2D eigenvalue weighted by molar-refractivity contribution is 0.131. The Morgan fingerprint density at radius 2 is 1.64 bits per heavy atom. The van der Waals surface area contributed by atoms with Crippen LogP contribution in [-0.4, -0.2) is 13.2 Å². The molecule has 1 heteroatoms. The standard InChI is InChI=1S/C8H18O.C5H8/c1-3-5-6-8-9-7-4-2;1-4-5(2)3/h3-8H2,1-2H3;1H2,2-3H3. The molecular formula is C13H26O. The molecule has 0 saturated heterocycles. The number of ether oxygens (including phenoxy) is 1. The van der Waals surface area contributed by atoms with Crippen molar-refractivity contribution >= 4 is 0 Å². The molecule has 0 N–H and O–H groups in total. The fourth-order valence-electron chi connectivity index (χ4n) is 0.701. The second-order valence-corrected chi connectivity index (χ2v) is 3.50. The first-order chi connectivity index (χ1) is 6.68. The molecule has 0 aliphatic rings. The Morgan fingerprint density at radius 3 is 2.00 bits per heavy atom. The molecule has 0 amide bonds. The molecule has 0 aliphatic heterocycles. The molecule has 0 saturated carbocycles. The highest BCUT2D eigenvalue weighted by Crippen LogP contribution is 1.93. The topological polar surface area (TPSA) is 9.23 Å². The fraction of sp³-hybridized carbons (Fsp3) is 0.769. The summed E-state index contributed by atoms with van der Waals surface area (Å²) < 4.78 is 5.28. The van der Waals surface area contributed by atoms with Crippen LogP contribution >= 0.6 is 0 Å². The highest BCUT2D eigenvalue weighted by Gasteiger charge is 1.84. The van der Waals surface area contributed by atoms with E-state index >= 15 is 0 Å². The molecule has 14 heavy (non-hydrogen) atoms. The first-order valence-electron chi connectivity index (χ1n) is 5.60. The van der Waals surface area contributed by atoms with Gasteiger partial charge in [0.25, 0.3) is 0 Å². The van der Waals surface area contributed by atoms with Crippen LogP contribution in [0.3, 0.4) is 0 Å². The van der Waals surface area contributed by atoms with Crippen molar-refractivity contribution < 1.29 is 4.74 Å². The maximum Gasteiger partial charge on any atom is 0.0466 e. The van der Waals surface area contributed by atoms with Crippen molar-refractivity contribution in [2.75, 3.05) is 13.2 Å². The number of rotatable bonds is 6. The van der Waals surface area contributed by atoms with Gasteiger partial charge in [-0.15, -0.1) is 5.73 Å². The predicted octanol–water partition coefficient (Wildman–Crippen LogP) is 4.34. The SMILES string of the molecule is C=C=C(C)C.CCCCCOCCC. The summed E-state index contributed by atoms with van der Waals surface area (Å²) in [6.45, 7) is 13.6. The van der Waals surface area contributed by atoms with E-state index in [1.807, 2.05) is 13.8 Å². The van der Waals surface area contributed by atoms with Crippen molar-refractivity contribution in [1.82, 2.24) is 0 Å². The van der Waals surface area contributed by atoms with Crippen LogP contribution in [-0.2, 0) is 4.74 Å². The molecule has 0 bridgehead atoms. The van der Waals surface area contributed by atoms with Gasteiger partial charge in [-0.2, -0.15) is 0 Å². The van der Waals surface area contributed by atoms with E-state index in [0.29, 0.717) is 0 Å². The van der Waals surface area contributed by atoms with Crippen molar-refractivity contribution in [3.63, 3.8) is 0 Å². The van der Waals surface area contributed by atoms with E-state index in [0.717, 1.165) is 25.2 Å². The Kier molecular flexibility index (Phi) is 17.0. The minimum absolute atomic E-state index is 0.934. The van der Waals surface area contributed by atoms with Crippen LogP contribution in [0.15, 0.2) is 17.9 Å². The average molecular weight is 198 g/mol. The minimum Gasteiger partial charge on any atom is -0.381 e. The van der Waals surface area contributed by atoms with Crippen molar-refractivity contribution in [2.45, 2.75) is 53.4 Å². The van der Waals surface area contributed by atoms with Crippen LogP contribution in [0.25, 0.3) is 0 Å². The van der Waals surface area contributed by atoms with Crippen LogP contribution in [0.2, 0.25) is 0 Å². The first kappa shape index (κ1) is 15.9. The summed E-state index contributed by atoms with van der Waals surface area (Å²) in [6.07, 6.45) is 4.97. The van der Waals surface area contributed by atoms with Gasteiger partial charge < -0.3 is 4.74 Å². The molecule has 0 spiro atoms. The third-order valence-corrected chi connectivity index (χ3v) is 1.59. The molecule has 0 heterocycles. The number of hydrogen-bond acceptors (Lipinski definition) is 1. The summed E-state index contributed by atoms with van der Waals surface area (Å²) in [5.41, 5.74) is 3.84. The molecule has 84 valence electrons. The van der Waals surface area contributed by atoms with Gasteiger partial charge in [-0.05, 0) is 32.3 Å². The molecular weight excluding hydrogens is 172 g/mol. The van der Waals surface area contributed by atoms with E-state index in [9.17, 15) is 0 Å². The summed E-state index contributed by atoms with van der Waals surface area (Å²) in [5, 5.41) is 0. The normalized spacial score (nSPS) is 8.57. The summed E-state index contributed by atoms with van der Waals surface area (Å²) in [7, 11) is 0. The fourth-order valence-corrected chi connectivity index (χ4v) is 0.701. The van der Waals surface area contributed by atoms with Crippen LogP contribution in [0, 0.1) is 0 Å². The summed E-state index contributed by atoms with van der Waals surface area (Å²) in [6, 6.07) is 0. The largest absolute Gasteiger partial charge is 0.381 e. The van der Waals surface area contributed by atoms with E-state index in [2.05, 4.69) is 26.2 Å². The van der Waals surface area contributed by atoms with Crippen molar-refractivity contribution in [1.29, 1.82) is 0 Å². The Hall–Kier alpha value is -0.520. The third kappa shape index (κ3) is 22.5. The van der Waals surface area contributed by atoms with Gasteiger partial charge in [0.1, 0.15) is 0 Å². The van der Waals surface area contributed by atoms with E-state index in [1.165, 1.54) is 19.3 Å². The Bertz CT molecular complexity index is 133. The second kappa shape index (κ2) is 15.0. The Labute approximate surface area is 89.9 Å². The van der Waals surface area contributed by atoms with Gasteiger partial charge in [-0.25, -0.2) is 0 Å². The van der Waals surface area contributed by atoms with Gasteiger partial charge in [0.15, 0.2) is 0 Å². The molecule has 0 atom stereocenters. The Balaban J connectivity index is 0. The highest BCUT2D eigenvalue weighted by molar-refractivity contribution is 4.87. The van der Waals surface area contributed by atoms with Crippen LogP contribution in [0.1, 0.15) is 53.4 Å². The summed E-state index contributed by atoms with van der Waals surface area (Å²) in [4.78, 5) is 0. The van der Waals surface area contributed by atoms with Crippen LogP contribution in [0.5, 0.6) is 0 Å².